The smallest absolute Gasteiger partial charge is 0.229 e. The third kappa shape index (κ3) is 2.17. The van der Waals surface area contributed by atoms with E-state index in [1.807, 2.05) is 19.1 Å². The zero-order valence-electron chi connectivity index (χ0n) is 12.7. The number of rotatable bonds is 2. The molecule has 1 heterocycles. The highest BCUT2D eigenvalue weighted by Gasteiger charge is 2.34. The van der Waals surface area contributed by atoms with Crippen LogP contribution in [-0.4, -0.2) is 15.8 Å². The van der Waals surface area contributed by atoms with E-state index >= 15 is 0 Å². The molecule has 0 spiro atoms. The van der Waals surface area contributed by atoms with Gasteiger partial charge in [0.2, 0.25) is 5.78 Å². The van der Waals surface area contributed by atoms with Gasteiger partial charge in [0.05, 0.1) is 5.56 Å². The van der Waals surface area contributed by atoms with Crippen LogP contribution < -0.4 is 0 Å². The van der Waals surface area contributed by atoms with E-state index in [0.29, 0.717) is 16.0 Å². The molecule has 2 aromatic carbocycles. The van der Waals surface area contributed by atoms with Crippen LogP contribution in [0.15, 0.2) is 69.0 Å². The van der Waals surface area contributed by atoms with Gasteiger partial charge in [-0.2, -0.15) is 0 Å². The van der Waals surface area contributed by atoms with Crippen LogP contribution >= 0.6 is 0 Å². The van der Waals surface area contributed by atoms with E-state index in [1.165, 1.54) is 6.07 Å². The van der Waals surface area contributed by atoms with Crippen molar-refractivity contribution in [1.82, 2.24) is 0 Å². The first-order valence-corrected chi connectivity index (χ1v) is 8.52. The highest BCUT2D eigenvalue weighted by atomic mass is 32.2. The number of carbonyl (C=O) groups is 2. The first-order valence-electron chi connectivity index (χ1n) is 7.37. The van der Waals surface area contributed by atoms with Crippen molar-refractivity contribution in [2.24, 2.45) is 0 Å². The average Bonchev–Trinajstić information content (AvgIpc) is 3.05. The molecule has 1 aromatic heterocycles. The molecule has 0 saturated heterocycles. The SMILES string of the molecule is Cc1ccc(S(=O)c2cc3c(o2)C(=O)c2ccccc2C3=O)cc1. The van der Waals surface area contributed by atoms with Crippen LogP contribution in [0.5, 0.6) is 0 Å². The van der Waals surface area contributed by atoms with E-state index in [-0.39, 0.29) is 28.0 Å². The van der Waals surface area contributed by atoms with Gasteiger partial charge in [-0.3, -0.25) is 9.59 Å². The minimum Gasteiger partial charge on any atom is -0.443 e. The van der Waals surface area contributed by atoms with Gasteiger partial charge >= 0.3 is 0 Å². The molecular formula is C19H12O4S. The summed E-state index contributed by atoms with van der Waals surface area (Å²) in [6.45, 7) is 1.94. The third-order valence-electron chi connectivity index (χ3n) is 3.99. The zero-order valence-corrected chi connectivity index (χ0v) is 13.6. The van der Waals surface area contributed by atoms with Gasteiger partial charge in [-0.05, 0) is 19.1 Å². The van der Waals surface area contributed by atoms with Crippen molar-refractivity contribution in [2.45, 2.75) is 16.9 Å². The van der Waals surface area contributed by atoms with Crippen molar-refractivity contribution in [3.63, 3.8) is 0 Å². The zero-order chi connectivity index (χ0) is 16.8. The summed E-state index contributed by atoms with van der Waals surface area (Å²) < 4.78 is 18.2. The number of fused-ring (bicyclic) bond motifs is 2. The van der Waals surface area contributed by atoms with Crippen LogP contribution in [0.1, 0.15) is 37.6 Å². The lowest BCUT2D eigenvalue weighted by atomic mass is 9.89. The molecule has 118 valence electrons. The number of aryl methyl sites for hydroxylation is 1. The molecule has 1 aliphatic rings. The molecule has 0 N–H and O–H groups in total. The summed E-state index contributed by atoms with van der Waals surface area (Å²) in [6.07, 6.45) is 0. The Morgan fingerprint density at radius 3 is 2.12 bits per heavy atom. The van der Waals surface area contributed by atoms with Crippen molar-refractivity contribution in [1.29, 1.82) is 0 Å². The Hall–Kier alpha value is -2.79. The molecule has 1 aliphatic carbocycles. The lowest BCUT2D eigenvalue weighted by Gasteiger charge is -2.11. The number of benzene rings is 2. The molecule has 4 nitrogen and oxygen atoms in total. The highest BCUT2D eigenvalue weighted by Crippen LogP contribution is 2.31. The Morgan fingerprint density at radius 1 is 0.833 bits per heavy atom. The van der Waals surface area contributed by atoms with Gasteiger partial charge in [-0.1, -0.05) is 42.0 Å². The van der Waals surface area contributed by atoms with Gasteiger partial charge in [0.25, 0.3) is 0 Å². The number of hydrogen-bond acceptors (Lipinski definition) is 4. The Kier molecular flexibility index (Phi) is 3.32. The van der Waals surface area contributed by atoms with E-state index in [2.05, 4.69) is 0 Å². The largest absolute Gasteiger partial charge is 0.443 e. The number of hydrogen-bond donors (Lipinski definition) is 0. The molecule has 0 amide bonds. The van der Waals surface area contributed by atoms with Crippen LogP contribution in [-0.2, 0) is 10.8 Å². The van der Waals surface area contributed by atoms with E-state index < -0.39 is 10.8 Å². The van der Waals surface area contributed by atoms with Gasteiger partial charge in [0, 0.05) is 22.1 Å². The predicted molar refractivity (Wildman–Crippen MR) is 87.9 cm³/mol. The van der Waals surface area contributed by atoms with Crippen LogP contribution in [0.2, 0.25) is 0 Å². The summed E-state index contributed by atoms with van der Waals surface area (Å²) in [6, 6.07) is 15.2. The fourth-order valence-corrected chi connectivity index (χ4v) is 3.72. The molecule has 0 fully saturated rings. The summed E-state index contributed by atoms with van der Waals surface area (Å²) in [5.74, 6) is -0.669. The molecule has 3 aromatic rings. The number of furan rings is 1. The second kappa shape index (κ2) is 5.39. The van der Waals surface area contributed by atoms with Gasteiger partial charge in [-0.25, -0.2) is 4.21 Å². The first-order chi connectivity index (χ1) is 11.6. The maximum atomic E-state index is 12.7. The van der Waals surface area contributed by atoms with Gasteiger partial charge in [0.1, 0.15) is 10.8 Å². The molecule has 1 unspecified atom stereocenters. The van der Waals surface area contributed by atoms with E-state index in [0.717, 1.165) is 5.56 Å². The van der Waals surface area contributed by atoms with Crippen LogP contribution in [0.4, 0.5) is 0 Å². The summed E-state index contributed by atoms with van der Waals surface area (Å²) in [7, 11) is -1.59. The third-order valence-corrected chi connectivity index (χ3v) is 5.26. The maximum absolute atomic E-state index is 12.7. The van der Waals surface area contributed by atoms with Gasteiger partial charge in [0.15, 0.2) is 16.6 Å². The molecule has 0 saturated carbocycles. The second-order valence-electron chi connectivity index (χ2n) is 5.59. The van der Waals surface area contributed by atoms with Crippen LogP contribution in [0, 0.1) is 6.92 Å². The van der Waals surface area contributed by atoms with Crippen LogP contribution in [0.25, 0.3) is 0 Å². The summed E-state index contributed by atoms with van der Waals surface area (Å²) in [5, 5.41) is 0.110. The van der Waals surface area contributed by atoms with Gasteiger partial charge in [-0.15, -0.1) is 0 Å². The van der Waals surface area contributed by atoms with Crippen molar-refractivity contribution < 1.29 is 18.2 Å². The molecule has 0 aliphatic heterocycles. The minimum atomic E-state index is -1.59. The van der Waals surface area contributed by atoms with Crippen LogP contribution in [0.3, 0.4) is 0 Å². The fraction of sp³-hybridized carbons (Fsp3) is 0.0526. The van der Waals surface area contributed by atoms with Crippen molar-refractivity contribution in [3.8, 4) is 0 Å². The monoisotopic (exact) mass is 336 g/mol. The molecule has 1 atom stereocenters. The van der Waals surface area contributed by atoms with E-state index in [1.54, 1.807) is 36.4 Å². The Morgan fingerprint density at radius 2 is 1.46 bits per heavy atom. The summed E-state index contributed by atoms with van der Waals surface area (Å²) in [5.41, 5.74) is 1.89. The molecular weight excluding hydrogens is 324 g/mol. The Balaban J connectivity index is 1.80. The van der Waals surface area contributed by atoms with Crippen molar-refractivity contribution >= 4 is 22.4 Å². The Labute approximate surface area is 140 Å². The van der Waals surface area contributed by atoms with Gasteiger partial charge < -0.3 is 4.42 Å². The average molecular weight is 336 g/mol. The minimum absolute atomic E-state index is 0.0332. The fourth-order valence-electron chi connectivity index (χ4n) is 2.72. The Bertz CT molecular complexity index is 960. The predicted octanol–water partition coefficient (Wildman–Crippen LogP) is 3.53. The quantitative estimate of drug-likeness (QED) is 0.562. The lowest BCUT2D eigenvalue weighted by molar-refractivity contribution is 0.0957. The topological polar surface area (TPSA) is 64.3 Å². The normalized spacial score (nSPS) is 14.2. The summed E-state index contributed by atoms with van der Waals surface area (Å²) in [4.78, 5) is 25.6. The van der Waals surface area contributed by atoms with Crippen molar-refractivity contribution in [2.75, 3.05) is 0 Å². The van der Waals surface area contributed by atoms with Crippen molar-refractivity contribution in [3.05, 3.63) is 82.6 Å². The second-order valence-corrected chi connectivity index (χ2v) is 7.01. The number of ketones is 2. The molecule has 0 bridgehead atoms. The molecule has 0 radical (unpaired) electrons. The lowest BCUT2D eigenvalue weighted by Crippen LogP contribution is -2.18. The maximum Gasteiger partial charge on any atom is 0.229 e. The van der Waals surface area contributed by atoms with E-state index in [4.69, 9.17) is 4.42 Å². The molecule has 4 rings (SSSR count). The number of carbonyl (C=O) groups excluding carboxylic acids is 2. The standard InChI is InChI=1S/C19H12O4S/c1-11-6-8-12(9-7-11)24(22)16-10-15-17(20)13-4-2-3-5-14(13)18(21)19(15)23-16/h2-10H,1H3. The first kappa shape index (κ1) is 14.8. The molecule has 24 heavy (non-hydrogen) atoms. The summed E-state index contributed by atoms with van der Waals surface area (Å²) >= 11 is 0. The highest BCUT2D eigenvalue weighted by molar-refractivity contribution is 7.85. The van der Waals surface area contributed by atoms with E-state index in [9.17, 15) is 13.8 Å². The molecule has 5 heteroatoms.